The fourth-order valence-electron chi connectivity index (χ4n) is 3.01. The van der Waals surface area contributed by atoms with Crippen molar-refractivity contribution in [2.45, 2.75) is 20.0 Å². The molecule has 4 amide bonds. The maximum absolute atomic E-state index is 13.2. The van der Waals surface area contributed by atoms with E-state index in [1.807, 2.05) is 13.8 Å². The lowest BCUT2D eigenvalue weighted by atomic mass is 10.1. The van der Waals surface area contributed by atoms with E-state index < -0.39 is 17.8 Å². The molecule has 0 saturated carbocycles. The van der Waals surface area contributed by atoms with E-state index >= 15 is 0 Å². The van der Waals surface area contributed by atoms with Crippen LogP contribution in [-0.2, 0) is 9.59 Å². The summed E-state index contributed by atoms with van der Waals surface area (Å²) in [5, 5.41) is 2.42. The molecule has 31 heavy (non-hydrogen) atoms. The average Bonchev–Trinajstić information content (AvgIpc) is 2.72. The first-order chi connectivity index (χ1) is 14.8. The van der Waals surface area contributed by atoms with Gasteiger partial charge in [0, 0.05) is 17.7 Å². The van der Waals surface area contributed by atoms with E-state index in [9.17, 15) is 14.4 Å². The van der Waals surface area contributed by atoms with Crippen molar-refractivity contribution >= 4 is 41.2 Å². The Balaban J connectivity index is 2.10. The van der Waals surface area contributed by atoms with Crippen LogP contribution in [0.5, 0.6) is 17.2 Å². The second kappa shape index (κ2) is 9.09. The second-order valence-electron chi connectivity index (χ2n) is 6.82. The van der Waals surface area contributed by atoms with Gasteiger partial charge in [0.15, 0.2) is 0 Å². The number of hydrogen-bond acceptors (Lipinski definition) is 6. The van der Waals surface area contributed by atoms with Crippen molar-refractivity contribution in [1.29, 1.82) is 0 Å². The summed E-state index contributed by atoms with van der Waals surface area (Å²) in [7, 11) is 2.77. The molecule has 0 aliphatic carbocycles. The van der Waals surface area contributed by atoms with Crippen LogP contribution in [0.4, 0.5) is 10.5 Å². The van der Waals surface area contributed by atoms with E-state index in [1.165, 1.54) is 32.4 Å². The van der Waals surface area contributed by atoms with Gasteiger partial charge in [0.25, 0.3) is 11.8 Å². The lowest BCUT2D eigenvalue weighted by Gasteiger charge is -2.28. The molecule has 0 spiro atoms. The van der Waals surface area contributed by atoms with Gasteiger partial charge in [-0.25, -0.2) is 9.69 Å². The summed E-state index contributed by atoms with van der Waals surface area (Å²) in [6.45, 7) is 3.73. The monoisotopic (exact) mass is 444 g/mol. The number of benzene rings is 2. The largest absolute Gasteiger partial charge is 0.495 e. The fraction of sp³-hybridized carbons (Fsp3) is 0.227. The van der Waals surface area contributed by atoms with Gasteiger partial charge in [0.05, 0.1) is 31.0 Å². The molecule has 0 bridgehead atoms. The number of hydrogen-bond donors (Lipinski definition) is 1. The number of carbonyl (C=O) groups is 3. The highest BCUT2D eigenvalue weighted by Crippen LogP contribution is 2.39. The fourth-order valence-corrected chi connectivity index (χ4v) is 3.24. The molecule has 1 N–H and O–H groups in total. The molecule has 2 aromatic carbocycles. The Bertz CT molecular complexity index is 1080. The van der Waals surface area contributed by atoms with Crippen molar-refractivity contribution in [3.05, 3.63) is 52.6 Å². The van der Waals surface area contributed by atoms with Crippen LogP contribution in [0.2, 0.25) is 5.02 Å². The SMILES string of the molecule is COc1cc(N2C(=O)NC(=O)/C(=C\c3ccccc3OC(C)C)C2=O)c(OC)cc1Cl. The van der Waals surface area contributed by atoms with Crippen LogP contribution >= 0.6 is 11.6 Å². The number of nitrogens with one attached hydrogen (secondary N) is 1. The molecule has 1 aliphatic heterocycles. The highest BCUT2D eigenvalue weighted by molar-refractivity contribution is 6.39. The molecule has 162 valence electrons. The number of para-hydroxylation sites is 1. The quantitative estimate of drug-likeness (QED) is 0.537. The van der Waals surface area contributed by atoms with E-state index in [0.717, 1.165) is 4.90 Å². The van der Waals surface area contributed by atoms with Crippen molar-refractivity contribution in [3.8, 4) is 17.2 Å². The highest BCUT2D eigenvalue weighted by Gasteiger charge is 2.38. The number of amides is 4. The number of anilines is 1. The van der Waals surface area contributed by atoms with Gasteiger partial charge in [-0.1, -0.05) is 29.8 Å². The maximum atomic E-state index is 13.2. The summed E-state index contributed by atoms with van der Waals surface area (Å²) in [5.41, 5.74) is 0.358. The summed E-state index contributed by atoms with van der Waals surface area (Å²) in [5.74, 6) is -0.747. The predicted molar refractivity (Wildman–Crippen MR) is 116 cm³/mol. The zero-order chi connectivity index (χ0) is 22.7. The molecule has 3 rings (SSSR count). The van der Waals surface area contributed by atoms with Crippen LogP contribution in [0.1, 0.15) is 19.4 Å². The van der Waals surface area contributed by atoms with Gasteiger partial charge in [-0.15, -0.1) is 0 Å². The van der Waals surface area contributed by atoms with E-state index in [0.29, 0.717) is 11.3 Å². The molecule has 9 heteroatoms. The number of barbiturate groups is 1. The molecule has 1 heterocycles. The summed E-state index contributed by atoms with van der Waals surface area (Å²) in [4.78, 5) is 39.1. The Hall–Kier alpha value is -3.52. The first kappa shape index (κ1) is 22.2. The standard InChI is InChI=1S/C22H21ClN2O6/c1-12(2)31-17-8-6-5-7-13(17)9-14-20(26)24-22(28)25(21(14)27)16-11-18(29-3)15(23)10-19(16)30-4/h5-12H,1-4H3,(H,24,26,28)/b14-9+. The first-order valence-corrected chi connectivity index (χ1v) is 9.73. The topological polar surface area (TPSA) is 94.2 Å². The van der Waals surface area contributed by atoms with Crippen molar-refractivity contribution in [1.82, 2.24) is 5.32 Å². The smallest absolute Gasteiger partial charge is 0.336 e. The Morgan fingerprint density at radius 2 is 1.68 bits per heavy atom. The Kier molecular flexibility index (Phi) is 6.50. The van der Waals surface area contributed by atoms with Crippen molar-refractivity contribution < 1.29 is 28.6 Å². The van der Waals surface area contributed by atoms with Crippen molar-refractivity contribution in [3.63, 3.8) is 0 Å². The molecule has 1 fully saturated rings. The van der Waals surface area contributed by atoms with Gasteiger partial charge in [0.2, 0.25) is 0 Å². The Morgan fingerprint density at radius 1 is 1.00 bits per heavy atom. The highest BCUT2D eigenvalue weighted by atomic mass is 35.5. The minimum Gasteiger partial charge on any atom is -0.495 e. The summed E-state index contributed by atoms with van der Waals surface area (Å²) in [6, 6.07) is 8.86. The first-order valence-electron chi connectivity index (χ1n) is 9.35. The molecule has 0 aromatic heterocycles. The third-order valence-corrected chi connectivity index (χ3v) is 4.67. The van der Waals surface area contributed by atoms with E-state index in [-0.39, 0.29) is 33.9 Å². The van der Waals surface area contributed by atoms with Gasteiger partial charge in [-0.2, -0.15) is 0 Å². The third-order valence-electron chi connectivity index (χ3n) is 4.38. The minimum absolute atomic E-state index is 0.0800. The minimum atomic E-state index is -0.915. The van der Waals surface area contributed by atoms with E-state index in [4.69, 9.17) is 25.8 Å². The van der Waals surface area contributed by atoms with Gasteiger partial charge in [0.1, 0.15) is 22.8 Å². The molecule has 0 atom stereocenters. The van der Waals surface area contributed by atoms with Crippen molar-refractivity contribution in [2.75, 3.05) is 19.1 Å². The molecule has 0 unspecified atom stereocenters. The summed E-state index contributed by atoms with van der Waals surface area (Å²) in [6.07, 6.45) is 1.27. The van der Waals surface area contributed by atoms with Gasteiger partial charge >= 0.3 is 6.03 Å². The number of halogens is 1. The molecule has 2 aromatic rings. The number of ether oxygens (including phenoxy) is 3. The second-order valence-corrected chi connectivity index (χ2v) is 7.23. The van der Waals surface area contributed by atoms with E-state index in [1.54, 1.807) is 24.3 Å². The number of nitrogens with zero attached hydrogens (tertiary/aromatic N) is 1. The van der Waals surface area contributed by atoms with E-state index in [2.05, 4.69) is 5.32 Å². The average molecular weight is 445 g/mol. The molecular formula is C22H21ClN2O6. The van der Waals surface area contributed by atoms with Gasteiger partial charge < -0.3 is 14.2 Å². The zero-order valence-electron chi connectivity index (χ0n) is 17.4. The van der Waals surface area contributed by atoms with Gasteiger partial charge in [-0.3, -0.25) is 14.9 Å². The summed E-state index contributed by atoms with van der Waals surface area (Å²) >= 11 is 6.12. The van der Waals surface area contributed by atoms with Gasteiger partial charge in [-0.05, 0) is 26.0 Å². The predicted octanol–water partition coefficient (Wildman–Crippen LogP) is 3.81. The lowest BCUT2D eigenvalue weighted by molar-refractivity contribution is -0.122. The molecule has 1 aliphatic rings. The molecule has 8 nitrogen and oxygen atoms in total. The Morgan fingerprint density at radius 3 is 2.32 bits per heavy atom. The van der Waals surface area contributed by atoms with Crippen LogP contribution in [0.15, 0.2) is 42.0 Å². The normalized spacial score (nSPS) is 15.4. The van der Waals surface area contributed by atoms with Crippen LogP contribution in [0.3, 0.4) is 0 Å². The third kappa shape index (κ3) is 4.49. The number of carbonyl (C=O) groups excluding carboxylic acids is 3. The number of urea groups is 1. The maximum Gasteiger partial charge on any atom is 0.336 e. The molecular weight excluding hydrogens is 424 g/mol. The lowest BCUT2D eigenvalue weighted by Crippen LogP contribution is -2.54. The van der Waals surface area contributed by atoms with Crippen molar-refractivity contribution in [2.24, 2.45) is 0 Å². The van der Waals surface area contributed by atoms with Crippen LogP contribution in [0.25, 0.3) is 6.08 Å². The Labute approximate surface area is 184 Å². The summed E-state index contributed by atoms with van der Waals surface area (Å²) < 4.78 is 16.2. The number of rotatable bonds is 6. The zero-order valence-corrected chi connectivity index (χ0v) is 18.1. The molecule has 1 saturated heterocycles. The number of methoxy groups -OCH3 is 2. The number of imide groups is 2. The van der Waals surface area contributed by atoms with Crippen LogP contribution in [-0.4, -0.2) is 38.2 Å². The van der Waals surface area contributed by atoms with Crippen LogP contribution < -0.4 is 24.4 Å². The molecule has 0 radical (unpaired) electrons. The van der Waals surface area contributed by atoms with Crippen LogP contribution in [0, 0.1) is 0 Å².